The smallest absolute Gasteiger partial charge is 0.510 e. The first kappa shape index (κ1) is 33.4. The summed E-state index contributed by atoms with van der Waals surface area (Å²) in [6.45, 7) is 3.62. The summed E-state index contributed by atoms with van der Waals surface area (Å²) >= 11 is 0. The standard InChI is InChI=1S/C25H29F3N6O8S/c1-16(2)42-24(36)40-15-41-31-34(37)32(4)14-23(35)30-43(38,39)20-11-9-19(10-12-20)33-21(13-22(29-33)25(26,27)28)18-7-5-17(3)6-8-18/h5-13,16,31,34H,14-15H2,1-4H3,(H,30,35). The zero-order valence-electron chi connectivity index (χ0n) is 23.3. The van der Waals surface area contributed by atoms with Crippen LogP contribution in [0.25, 0.3) is 16.9 Å². The molecule has 1 aromatic heterocycles. The van der Waals surface area contributed by atoms with Crippen molar-refractivity contribution in [2.24, 2.45) is 0 Å². The van der Waals surface area contributed by atoms with Gasteiger partial charge in [0.05, 0.1) is 22.4 Å². The monoisotopic (exact) mass is 630 g/mol. The number of amides is 1. The third kappa shape index (κ3) is 9.46. The Balaban J connectivity index is 1.65. The van der Waals surface area contributed by atoms with E-state index in [0.29, 0.717) is 5.56 Å². The van der Waals surface area contributed by atoms with Crippen LogP contribution >= 0.6 is 0 Å². The van der Waals surface area contributed by atoms with Gasteiger partial charge in [-0.05, 0) is 56.7 Å². The van der Waals surface area contributed by atoms with Gasteiger partial charge in [0, 0.05) is 12.6 Å². The van der Waals surface area contributed by atoms with Crippen LogP contribution in [0.15, 0.2) is 59.5 Å². The fraction of sp³-hybridized carbons (Fsp3) is 0.320. The van der Waals surface area contributed by atoms with Gasteiger partial charge < -0.3 is 14.7 Å². The lowest BCUT2D eigenvalue weighted by Crippen LogP contribution is -3.19. The molecule has 2 aromatic carbocycles. The number of benzene rings is 2. The highest BCUT2D eigenvalue weighted by Gasteiger charge is 2.35. The average Bonchev–Trinajstić information content (AvgIpc) is 3.37. The second-order valence-electron chi connectivity index (χ2n) is 9.30. The maximum atomic E-state index is 13.4. The summed E-state index contributed by atoms with van der Waals surface area (Å²) in [6, 6.07) is 12.3. The summed E-state index contributed by atoms with van der Waals surface area (Å²) < 4.78 is 77.9. The largest absolute Gasteiger partial charge is 0.591 e. The Morgan fingerprint density at radius 1 is 1.12 bits per heavy atom. The topological polar surface area (TPSA) is 169 Å². The van der Waals surface area contributed by atoms with Crippen molar-refractivity contribution in [2.75, 3.05) is 20.4 Å². The third-order valence-corrected chi connectivity index (χ3v) is 6.83. The quantitative estimate of drug-likeness (QED) is 0.116. The summed E-state index contributed by atoms with van der Waals surface area (Å²) in [7, 11) is -3.26. The Labute approximate surface area is 244 Å². The molecule has 0 aliphatic carbocycles. The molecule has 3 rings (SSSR count). The molecule has 14 nitrogen and oxygen atoms in total. The number of ether oxygens (including phenoxy) is 2. The van der Waals surface area contributed by atoms with Crippen LogP contribution in [-0.2, 0) is 35.3 Å². The molecule has 1 atom stereocenters. The van der Waals surface area contributed by atoms with E-state index in [-0.39, 0.29) is 16.3 Å². The molecule has 1 amide bonds. The van der Waals surface area contributed by atoms with E-state index in [0.717, 1.165) is 33.5 Å². The number of rotatable bonds is 12. The van der Waals surface area contributed by atoms with E-state index in [2.05, 4.69) is 14.7 Å². The minimum absolute atomic E-state index is 0.128. The molecule has 0 aliphatic rings. The number of alkyl halides is 3. The van der Waals surface area contributed by atoms with Crippen molar-refractivity contribution >= 4 is 22.1 Å². The fourth-order valence-electron chi connectivity index (χ4n) is 3.41. The number of nitrogens with one attached hydrogen (secondary N) is 3. The van der Waals surface area contributed by atoms with Crippen LogP contribution < -0.4 is 15.6 Å². The van der Waals surface area contributed by atoms with E-state index in [1.807, 2.05) is 12.5 Å². The molecular formula is C25H29F3N6O8S. The number of aryl methyl sites for hydroxylation is 1. The Morgan fingerprint density at radius 3 is 2.33 bits per heavy atom. The molecule has 43 heavy (non-hydrogen) atoms. The molecule has 3 N–H and O–H groups in total. The third-order valence-electron chi connectivity index (χ3n) is 5.44. The number of carbonyl (C=O) groups excluding carboxylic acids is 2. The summed E-state index contributed by atoms with van der Waals surface area (Å²) in [5, 5.41) is 15.5. The first-order valence-electron chi connectivity index (χ1n) is 12.4. The molecule has 18 heteroatoms. The van der Waals surface area contributed by atoms with Crippen molar-refractivity contribution in [3.05, 3.63) is 71.1 Å². The van der Waals surface area contributed by atoms with Gasteiger partial charge in [0.25, 0.3) is 15.9 Å². The van der Waals surface area contributed by atoms with Gasteiger partial charge in [0.15, 0.2) is 5.69 Å². The predicted octanol–water partition coefficient (Wildman–Crippen LogP) is 1.86. The van der Waals surface area contributed by atoms with E-state index in [9.17, 15) is 36.4 Å². The zero-order chi connectivity index (χ0) is 31.9. The molecule has 0 radical (unpaired) electrons. The molecule has 234 valence electrons. The number of sulfonamides is 1. The van der Waals surface area contributed by atoms with Gasteiger partial charge in [-0.1, -0.05) is 29.8 Å². The lowest BCUT2D eigenvalue weighted by atomic mass is 10.1. The second-order valence-corrected chi connectivity index (χ2v) is 11.0. The number of hydrogen-bond donors (Lipinski definition) is 3. The van der Waals surface area contributed by atoms with Gasteiger partial charge in [-0.25, -0.2) is 27.5 Å². The van der Waals surface area contributed by atoms with E-state index in [1.54, 1.807) is 42.8 Å². The average molecular weight is 631 g/mol. The molecule has 0 bridgehead atoms. The zero-order valence-corrected chi connectivity index (χ0v) is 24.2. The molecule has 0 spiro atoms. The van der Waals surface area contributed by atoms with Crippen molar-refractivity contribution in [3.8, 4) is 16.9 Å². The minimum atomic E-state index is -4.72. The molecule has 0 saturated heterocycles. The van der Waals surface area contributed by atoms with Gasteiger partial charge in [0.2, 0.25) is 6.79 Å². The molecule has 0 saturated carbocycles. The molecular weight excluding hydrogens is 601 g/mol. The number of halogens is 3. The van der Waals surface area contributed by atoms with Gasteiger partial charge in [-0.3, -0.25) is 4.79 Å². The number of likely N-dealkylation sites (N-methyl/N-ethyl adjacent to an activating group) is 1. The number of hydrogen-bond acceptors (Lipinski definition) is 11. The Hall–Kier alpha value is -4.07. The number of carbonyl (C=O) groups is 2. The molecule has 0 aliphatic heterocycles. The first-order chi connectivity index (χ1) is 20.1. The maximum Gasteiger partial charge on any atom is 0.510 e. The number of nitrogens with zero attached hydrogens (tertiary/aromatic N) is 3. The van der Waals surface area contributed by atoms with E-state index < -0.39 is 58.7 Å². The summed E-state index contributed by atoms with van der Waals surface area (Å²) in [4.78, 5) is 27.8. The van der Waals surface area contributed by atoms with Crippen molar-refractivity contribution in [2.45, 2.75) is 37.9 Å². The normalized spacial score (nSPS) is 12.8. The lowest BCUT2D eigenvalue weighted by molar-refractivity contribution is -1.03. The van der Waals surface area contributed by atoms with Gasteiger partial charge in [0.1, 0.15) is 6.54 Å². The maximum absolute atomic E-state index is 13.4. The van der Waals surface area contributed by atoms with Gasteiger partial charge in [-0.15, -0.1) is 5.01 Å². The Kier molecular flexibility index (Phi) is 10.8. The molecule has 0 fully saturated rings. The number of aromatic nitrogens is 2. The van der Waals surface area contributed by atoms with Crippen LogP contribution in [0.5, 0.6) is 0 Å². The molecule has 1 heterocycles. The van der Waals surface area contributed by atoms with Crippen molar-refractivity contribution in [1.82, 2.24) is 25.1 Å². The highest BCUT2D eigenvalue weighted by atomic mass is 32.2. The summed E-state index contributed by atoms with van der Waals surface area (Å²) in [5.41, 5.74) is 2.37. The SMILES string of the molecule is Cc1ccc(-c2cc(C(F)(F)F)nn2-c2ccc(S(=O)(=O)NC(=O)CN(C)[NH+]([O-])NOCOC(=O)OC(C)C)cc2)cc1. The van der Waals surface area contributed by atoms with Crippen molar-refractivity contribution < 1.29 is 50.8 Å². The van der Waals surface area contributed by atoms with E-state index in [4.69, 9.17) is 4.74 Å². The summed E-state index contributed by atoms with van der Waals surface area (Å²) in [5.74, 6) is -1.08. The van der Waals surface area contributed by atoms with Crippen LogP contribution in [0.3, 0.4) is 0 Å². The first-order valence-corrected chi connectivity index (χ1v) is 13.9. The molecule has 1 unspecified atom stereocenters. The summed E-state index contributed by atoms with van der Waals surface area (Å²) in [6.07, 6.45) is -6.18. The van der Waals surface area contributed by atoms with E-state index >= 15 is 0 Å². The highest BCUT2D eigenvalue weighted by Crippen LogP contribution is 2.33. The number of quaternary nitrogens is 1. The Bertz CT molecular complexity index is 1510. The van der Waals surface area contributed by atoms with Crippen LogP contribution in [0.1, 0.15) is 25.1 Å². The highest BCUT2D eigenvalue weighted by molar-refractivity contribution is 7.90. The minimum Gasteiger partial charge on any atom is -0.591 e. The van der Waals surface area contributed by atoms with E-state index in [1.165, 1.54) is 19.2 Å². The second kappa shape index (κ2) is 13.9. The van der Waals surface area contributed by atoms with Crippen molar-refractivity contribution in [3.63, 3.8) is 0 Å². The van der Waals surface area contributed by atoms with Crippen LogP contribution in [0.2, 0.25) is 0 Å². The predicted molar refractivity (Wildman–Crippen MR) is 143 cm³/mol. The fourth-order valence-corrected chi connectivity index (χ4v) is 4.39. The van der Waals surface area contributed by atoms with Gasteiger partial charge >= 0.3 is 12.3 Å². The van der Waals surface area contributed by atoms with Crippen LogP contribution in [-0.4, -0.2) is 61.8 Å². The lowest BCUT2D eigenvalue weighted by Gasteiger charge is -2.28. The molecule has 3 aromatic rings. The van der Waals surface area contributed by atoms with Crippen molar-refractivity contribution in [1.29, 1.82) is 0 Å². The van der Waals surface area contributed by atoms with Crippen LogP contribution in [0.4, 0.5) is 18.0 Å². The van der Waals surface area contributed by atoms with Crippen LogP contribution in [0, 0.1) is 12.1 Å². The Morgan fingerprint density at radius 2 is 1.74 bits per heavy atom. The van der Waals surface area contributed by atoms with Gasteiger partial charge in [-0.2, -0.15) is 23.6 Å².